The van der Waals surface area contributed by atoms with Crippen molar-refractivity contribution in [3.8, 4) is 0 Å². The minimum atomic E-state index is -0.392. The minimum Gasteiger partial charge on any atom is -0.319 e. The lowest BCUT2D eigenvalue weighted by atomic mass is 10.2. The molecule has 1 aromatic carbocycles. The molecule has 1 N–H and O–H groups in total. The van der Waals surface area contributed by atoms with Gasteiger partial charge in [0.25, 0.3) is 5.91 Å². The molecule has 0 fully saturated rings. The molecule has 0 radical (unpaired) electrons. The number of amides is 1. The van der Waals surface area contributed by atoms with Gasteiger partial charge in [0.2, 0.25) is 0 Å². The normalized spacial score (nSPS) is 10.8. The number of carbonyl (C=O) groups is 1. The Morgan fingerprint density at radius 3 is 2.88 bits per heavy atom. The van der Waals surface area contributed by atoms with E-state index in [1.54, 1.807) is 24.4 Å². The van der Waals surface area contributed by atoms with E-state index < -0.39 is 5.82 Å². The monoisotopic (exact) mass is 491 g/mol. The zero-order valence-corrected chi connectivity index (χ0v) is 16.6. The molecular weight excluding hydrogens is 485 g/mol. The molecule has 0 aliphatic rings. The van der Waals surface area contributed by atoms with Gasteiger partial charge in [-0.15, -0.1) is 11.3 Å². The van der Waals surface area contributed by atoms with E-state index in [1.165, 1.54) is 28.3 Å². The third-order valence-corrected chi connectivity index (χ3v) is 6.75. The fourth-order valence-electron chi connectivity index (χ4n) is 2.01. The lowest BCUT2D eigenvalue weighted by Gasteiger charge is -2.05. The van der Waals surface area contributed by atoms with E-state index in [2.05, 4.69) is 42.3 Å². The highest BCUT2D eigenvalue weighted by Crippen LogP contribution is 2.32. The largest absolute Gasteiger partial charge is 0.319 e. The predicted molar refractivity (Wildman–Crippen MR) is 100 cm³/mol. The molecule has 0 aliphatic carbocycles. The van der Waals surface area contributed by atoms with Gasteiger partial charge in [-0.2, -0.15) is 5.10 Å². The van der Waals surface area contributed by atoms with Crippen LogP contribution in [0.1, 0.15) is 15.2 Å². The van der Waals surface area contributed by atoms with E-state index in [1.807, 2.05) is 0 Å². The molecule has 124 valence electrons. The van der Waals surface area contributed by atoms with E-state index in [9.17, 15) is 9.18 Å². The number of halogens is 4. The van der Waals surface area contributed by atoms with Crippen LogP contribution < -0.4 is 5.32 Å². The molecule has 2 heterocycles. The van der Waals surface area contributed by atoms with Gasteiger partial charge in [0.1, 0.15) is 5.82 Å². The van der Waals surface area contributed by atoms with Crippen molar-refractivity contribution >= 4 is 66.4 Å². The van der Waals surface area contributed by atoms with Gasteiger partial charge in [0.15, 0.2) is 0 Å². The van der Waals surface area contributed by atoms with Crippen molar-refractivity contribution in [3.05, 3.63) is 66.2 Å². The topological polar surface area (TPSA) is 46.9 Å². The molecule has 3 rings (SSSR count). The number of hydrogen-bond donors (Lipinski definition) is 1. The average Bonchev–Trinajstić information content (AvgIpc) is 3.10. The third kappa shape index (κ3) is 3.88. The molecule has 9 heteroatoms. The zero-order valence-electron chi connectivity index (χ0n) is 11.9. The molecule has 0 saturated heterocycles. The van der Waals surface area contributed by atoms with Gasteiger partial charge in [-0.1, -0.05) is 17.7 Å². The Morgan fingerprint density at radius 2 is 2.21 bits per heavy atom. The first-order valence-electron chi connectivity index (χ1n) is 6.65. The Bertz CT molecular complexity index is 872. The van der Waals surface area contributed by atoms with Crippen LogP contribution in [0.3, 0.4) is 0 Å². The number of anilines is 1. The van der Waals surface area contributed by atoms with E-state index in [-0.39, 0.29) is 12.5 Å². The molecule has 0 spiro atoms. The van der Waals surface area contributed by atoms with Crippen molar-refractivity contribution in [1.29, 1.82) is 0 Å². The number of benzene rings is 1. The summed E-state index contributed by atoms with van der Waals surface area (Å²) >= 11 is 14.0. The fourth-order valence-corrected chi connectivity index (χ4v) is 4.16. The number of carbonyl (C=O) groups excluding carboxylic acids is 1. The second-order valence-electron chi connectivity index (χ2n) is 4.81. The molecule has 0 aliphatic heterocycles. The van der Waals surface area contributed by atoms with Crippen LogP contribution in [-0.2, 0) is 6.54 Å². The standard InChI is InChI=1S/C15H9Br2ClFN3OS/c16-10-4-13(24-14(10)17)15(23)21-8-5-20-22(6-8)7-9-11(18)2-1-3-12(9)19/h1-6H,7H2,(H,21,23). The number of rotatable bonds is 4. The van der Waals surface area contributed by atoms with Crippen LogP contribution in [0.15, 0.2) is 44.9 Å². The Kier molecular flexibility index (Phi) is 5.39. The SMILES string of the molecule is O=C(Nc1cnn(Cc2c(F)cccc2Cl)c1)c1cc(Br)c(Br)s1. The summed E-state index contributed by atoms with van der Waals surface area (Å²) in [5, 5.41) is 7.22. The first-order valence-corrected chi connectivity index (χ1v) is 9.43. The van der Waals surface area contributed by atoms with Crippen molar-refractivity contribution < 1.29 is 9.18 Å². The van der Waals surface area contributed by atoms with Gasteiger partial charge in [0.05, 0.1) is 27.1 Å². The number of thiophene rings is 1. The molecule has 0 bridgehead atoms. The van der Waals surface area contributed by atoms with Crippen LogP contribution >= 0.6 is 54.8 Å². The Hall–Kier alpha value is -1.22. The van der Waals surface area contributed by atoms with E-state index in [0.717, 1.165) is 8.26 Å². The summed E-state index contributed by atoms with van der Waals surface area (Å²) in [6, 6.07) is 6.25. The van der Waals surface area contributed by atoms with Gasteiger partial charge in [-0.3, -0.25) is 9.48 Å². The Labute approximate surface area is 162 Å². The first kappa shape index (κ1) is 17.6. The highest BCUT2D eigenvalue weighted by molar-refractivity contribution is 9.13. The van der Waals surface area contributed by atoms with Gasteiger partial charge in [-0.05, 0) is 50.1 Å². The predicted octanol–water partition coefficient (Wildman–Crippen LogP) is 5.56. The number of aromatic nitrogens is 2. The van der Waals surface area contributed by atoms with Crippen molar-refractivity contribution in [2.24, 2.45) is 0 Å². The Balaban J connectivity index is 1.73. The molecule has 1 amide bonds. The lowest BCUT2D eigenvalue weighted by molar-refractivity contribution is 0.103. The maximum Gasteiger partial charge on any atom is 0.265 e. The highest BCUT2D eigenvalue weighted by atomic mass is 79.9. The van der Waals surface area contributed by atoms with Crippen LogP contribution in [0.2, 0.25) is 5.02 Å². The molecule has 3 aromatic rings. The fraction of sp³-hybridized carbons (Fsp3) is 0.0667. The molecule has 4 nitrogen and oxygen atoms in total. The zero-order chi connectivity index (χ0) is 17.3. The molecule has 2 aromatic heterocycles. The Morgan fingerprint density at radius 1 is 1.42 bits per heavy atom. The third-order valence-electron chi connectivity index (χ3n) is 3.14. The number of nitrogens with one attached hydrogen (secondary N) is 1. The first-order chi connectivity index (χ1) is 11.4. The van der Waals surface area contributed by atoms with Crippen LogP contribution in [0.25, 0.3) is 0 Å². The van der Waals surface area contributed by atoms with Crippen molar-refractivity contribution in [2.75, 3.05) is 5.32 Å². The van der Waals surface area contributed by atoms with Gasteiger partial charge in [-0.25, -0.2) is 4.39 Å². The summed E-state index contributed by atoms with van der Waals surface area (Å²) in [5.41, 5.74) is 0.874. The molecule has 0 atom stereocenters. The highest BCUT2D eigenvalue weighted by Gasteiger charge is 2.14. The number of nitrogens with zero attached hydrogens (tertiary/aromatic N) is 2. The summed E-state index contributed by atoms with van der Waals surface area (Å²) in [6.07, 6.45) is 3.13. The van der Waals surface area contributed by atoms with Crippen molar-refractivity contribution in [1.82, 2.24) is 9.78 Å². The average molecular weight is 494 g/mol. The summed E-state index contributed by atoms with van der Waals surface area (Å²) < 4.78 is 17.0. The molecule has 0 unspecified atom stereocenters. The van der Waals surface area contributed by atoms with Gasteiger partial charge in [0, 0.05) is 21.3 Å². The summed E-state index contributed by atoms with van der Waals surface area (Å²) in [5.74, 6) is -0.633. The van der Waals surface area contributed by atoms with E-state index in [0.29, 0.717) is 21.2 Å². The van der Waals surface area contributed by atoms with Crippen molar-refractivity contribution in [3.63, 3.8) is 0 Å². The smallest absolute Gasteiger partial charge is 0.265 e. The summed E-state index contributed by atoms with van der Waals surface area (Å²) in [4.78, 5) is 12.7. The number of hydrogen-bond acceptors (Lipinski definition) is 3. The molecular formula is C15H9Br2ClFN3OS. The minimum absolute atomic E-state index is 0.178. The second kappa shape index (κ2) is 7.35. The van der Waals surface area contributed by atoms with E-state index in [4.69, 9.17) is 11.6 Å². The van der Waals surface area contributed by atoms with Crippen LogP contribution in [0, 0.1) is 5.82 Å². The lowest BCUT2D eigenvalue weighted by Crippen LogP contribution is -2.09. The van der Waals surface area contributed by atoms with Crippen LogP contribution in [0.4, 0.5) is 10.1 Å². The van der Waals surface area contributed by atoms with Crippen molar-refractivity contribution in [2.45, 2.75) is 6.54 Å². The molecule has 24 heavy (non-hydrogen) atoms. The van der Waals surface area contributed by atoms with Gasteiger partial charge >= 0.3 is 0 Å². The quantitative estimate of drug-likeness (QED) is 0.517. The maximum atomic E-state index is 13.8. The summed E-state index contributed by atoms with van der Waals surface area (Å²) in [6.45, 7) is 0.178. The van der Waals surface area contributed by atoms with E-state index >= 15 is 0 Å². The molecule has 0 saturated carbocycles. The van der Waals surface area contributed by atoms with Crippen LogP contribution in [0.5, 0.6) is 0 Å². The summed E-state index contributed by atoms with van der Waals surface area (Å²) in [7, 11) is 0. The van der Waals surface area contributed by atoms with Gasteiger partial charge < -0.3 is 5.32 Å². The van der Waals surface area contributed by atoms with Crippen LogP contribution in [-0.4, -0.2) is 15.7 Å². The maximum absolute atomic E-state index is 13.8. The second-order valence-corrected chi connectivity index (χ2v) is 8.44.